The van der Waals surface area contributed by atoms with Crippen molar-refractivity contribution < 1.29 is 9.15 Å². The van der Waals surface area contributed by atoms with Gasteiger partial charge in [0.25, 0.3) is 0 Å². The highest BCUT2D eigenvalue weighted by molar-refractivity contribution is 7.99. The van der Waals surface area contributed by atoms with Crippen molar-refractivity contribution >= 4 is 22.7 Å². The number of fused-ring (bicyclic) bond motifs is 1. The summed E-state index contributed by atoms with van der Waals surface area (Å²) >= 11 is 1.64. The molecule has 0 aliphatic rings. The molecule has 0 spiro atoms. The van der Waals surface area contributed by atoms with Crippen LogP contribution in [0.1, 0.15) is 0 Å². The topological polar surface area (TPSA) is 39.4 Å². The van der Waals surface area contributed by atoms with Crippen LogP contribution in [0, 0.1) is 11.8 Å². The lowest BCUT2D eigenvalue weighted by Crippen LogP contribution is -1.94. The Morgan fingerprint density at radius 2 is 1.87 bits per heavy atom. The van der Waals surface area contributed by atoms with Crippen LogP contribution in [0.15, 0.2) is 74.8 Å². The molecule has 3 rings (SSSR count). The molecule has 0 N–H and O–H groups in total. The fourth-order valence-corrected chi connectivity index (χ4v) is 2.71. The van der Waals surface area contributed by atoms with Gasteiger partial charge < -0.3 is 9.15 Å². The van der Waals surface area contributed by atoms with Crippen LogP contribution in [0.25, 0.3) is 11.0 Å². The van der Waals surface area contributed by atoms with E-state index in [1.165, 1.54) is 6.07 Å². The molecule has 0 bridgehead atoms. The summed E-state index contributed by atoms with van der Waals surface area (Å²) in [4.78, 5) is 12.2. The smallest absolute Gasteiger partial charge is 0.336 e. The molecule has 0 aliphatic carbocycles. The van der Waals surface area contributed by atoms with Crippen molar-refractivity contribution in [2.24, 2.45) is 0 Å². The van der Waals surface area contributed by atoms with E-state index in [0.29, 0.717) is 17.9 Å². The van der Waals surface area contributed by atoms with Crippen molar-refractivity contribution in [2.45, 2.75) is 4.90 Å². The molecule has 2 aromatic carbocycles. The summed E-state index contributed by atoms with van der Waals surface area (Å²) in [5.74, 6) is 7.58. The van der Waals surface area contributed by atoms with E-state index < -0.39 is 0 Å². The normalized spacial score (nSPS) is 10.1. The number of ether oxygens (including phenoxy) is 1. The predicted octanol–water partition coefficient (Wildman–Crippen LogP) is 3.97. The highest BCUT2D eigenvalue weighted by atomic mass is 32.2. The van der Waals surface area contributed by atoms with Crippen LogP contribution in [0.5, 0.6) is 5.75 Å². The number of hydrogen-bond acceptors (Lipinski definition) is 4. The minimum Gasteiger partial charge on any atom is -0.481 e. The van der Waals surface area contributed by atoms with Crippen molar-refractivity contribution in [1.82, 2.24) is 0 Å². The Bertz CT molecular complexity index is 904. The molecule has 0 amide bonds. The number of para-hydroxylation sites is 1. The van der Waals surface area contributed by atoms with E-state index in [0.717, 1.165) is 16.0 Å². The van der Waals surface area contributed by atoms with Gasteiger partial charge in [0.15, 0.2) is 0 Å². The third-order valence-electron chi connectivity index (χ3n) is 3.08. The first-order valence-electron chi connectivity index (χ1n) is 7.11. The maximum atomic E-state index is 11.1. The number of hydrogen-bond donors (Lipinski definition) is 0. The van der Waals surface area contributed by atoms with E-state index in [2.05, 4.69) is 11.8 Å². The molecule has 23 heavy (non-hydrogen) atoms. The minimum absolute atomic E-state index is 0.331. The SMILES string of the molecule is O=c1ccc2cc(SCC#CCOc3ccccc3)ccc2o1. The van der Waals surface area contributed by atoms with Crippen LogP contribution in [0.2, 0.25) is 0 Å². The van der Waals surface area contributed by atoms with E-state index in [1.54, 1.807) is 17.8 Å². The van der Waals surface area contributed by atoms with Crippen molar-refractivity contribution in [3.63, 3.8) is 0 Å². The maximum absolute atomic E-state index is 11.1. The van der Waals surface area contributed by atoms with E-state index in [1.807, 2.05) is 48.5 Å². The van der Waals surface area contributed by atoms with Crippen molar-refractivity contribution in [2.75, 3.05) is 12.4 Å². The molecule has 3 aromatic rings. The number of benzene rings is 2. The quantitative estimate of drug-likeness (QED) is 0.414. The zero-order valence-corrected chi connectivity index (χ0v) is 13.1. The van der Waals surface area contributed by atoms with Gasteiger partial charge in [0, 0.05) is 16.3 Å². The first-order chi connectivity index (χ1) is 11.3. The van der Waals surface area contributed by atoms with Gasteiger partial charge in [-0.3, -0.25) is 0 Å². The average molecular weight is 322 g/mol. The molecule has 0 unspecified atom stereocenters. The first kappa shape index (κ1) is 15.3. The lowest BCUT2D eigenvalue weighted by molar-refractivity contribution is 0.370. The molecule has 3 nitrogen and oxygen atoms in total. The summed E-state index contributed by atoms with van der Waals surface area (Å²) in [6, 6.07) is 18.6. The zero-order valence-electron chi connectivity index (χ0n) is 12.3. The molecule has 0 aliphatic heterocycles. The fraction of sp³-hybridized carbons (Fsp3) is 0.105. The summed E-state index contributed by atoms with van der Waals surface area (Å²) in [6.45, 7) is 0.382. The van der Waals surface area contributed by atoms with Gasteiger partial charge in [-0.15, -0.1) is 11.8 Å². The van der Waals surface area contributed by atoms with Crippen molar-refractivity contribution in [3.8, 4) is 17.6 Å². The van der Waals surface area contributed by atoms with Gasteiger partial charge in [-0.05, 0) is 36.4 Å². The van der Waals surface area contributed by atoms with Crippen molar-refractivity contribution in [1.29, 1.82) is 0 Å². The second-order valence-electron chi connectivity index (χ2n) is 4.70. The first-order valence-corrected chi connectivity index (χ1v) is 8.10. The van der Waals surface area contributed by atoms with Gasteiger partial charge in [-0.1, -0.05) is 30.0 Å². The molecular formula is C19H14O3S. The van der Waals surface area contributed by atoms with Gasteiger partial charge >= 0.3 is 5.63 Å². The van der Waals surface area contributed by atoms with Gasteiger partial charge in [-0.2, -0.15) is 0 Å². The van der Waals surface area contributed by atoms with Gasteiger partial charge in [0.2, 0.25) is 0 Å². The van der Waals surface area contributed by atoms with Gasteiger partial charge in [0.05, 0.1) is 5.75 Å². The second kappa shape index (κ2) is 7.57. The van der Waals surface area contributed by atoms with Crippen LogP contribution < -0.4 is 10.4 Å². The van der Waals surface area contributed by atoms with Crippen LogP contribution in [-0.2, 0) is 0 Å². The molecule has 1 heterocycles. The molecular weight excluding hydrogens is 308 g/mol. The molecule has 1 aromatic heterocycles. The van der Waals surface area contributed by atoms with E-state index in [4.69, 9.17) is 9.15 Å². The predicted molar refractivity (Wildman–Crippen MR) is 92.9 cm³/mol. The molecule has 0 fully saturated rings. The molecule has 0 atom stereocenters. The largest absolute Gasteiger partial charge is 0.481 e. The summed E-state index contributed by atoms with van der Waals surface area (Å²) in [6.07, 6.45) is 0. The molecule has 0 radical (unpaired) electrons. The van der Waals surface area contributed by atoms with Crippen molar-refractivity contribution in [3.05, 3.63) is 71.1 Å². The Kier molecular flexibility index (Phi) is 5.02. The number of rotatable bonds is 4. The molecule has 0 saturated heterocycles. The monoisotopic (exact) mass is 322 g/mol. The second-order valence-corrected chi connectivity index (χ2v) is 5.75. The van der Waals surface area contributed by atoms with Crippen LogP contribution in [-0.4, -0.2) is 12.4 Å². The minimum atomic E-state index is -0.331. The van der Waals surface area contributed by atoms with Gasteiger partial charge in [-0.25, -0.2) is 4.79 Å². The maximum Gasteiger partial charge on any atom is 0.336 e. The highest BCUT2D eigenvalue weighted by Gasteiger charge is 1.99. The molecule has 4 heteroatoms. The third-order valence-corrected chi connectivity index (χ3v) is 3.96. The lowest BCUT2D eigenvalue weighted by Gasteiger charge is -2.00. The Balaban J connectivity index is 1.52. The van der Waals surface area contributed by atoms with E-state index >= 15 is 0 Å². The Morgan fingerprint density at radius 1 is 1.00 bits per heavy atom. The highest BCUT2D eigenvalue weighted by Crippen LogP contribution is 2.22. The summed E-state index contributed by atoms with van der Waals surface area (Å²) in [5.41, 5.74) is 0.270. The van der Waals surface area contributed by atoms with Crippen LogP contribution in [0.3, 0.4) is 0 Å². The van der Waals surface area contributed by atoms with Crippen LogP contribution >= 0.6 is 11.8 Å². The summed E-state index contributed by atoms with van der Waals surface area (Å²) < 4.78 is 10.6. The van der Waals surface area contributed by atoms with Gasteiger partial charge in [0.1, 0.15) is 17.9 Å². The number of thioether (sulfide) groups is 1. The fourth-order valence-electron chi connectivity index (χ4n) is 2.00. The lowest BCUT2D eigenvalue weighted by atomic mass is 10.2. The average Bonchev–Trinajstić information content (AvgIpc) is 2.59. The Morgan fingerprint density at radius 3 is 2.74 bits per heavy atom. The molecule has 114 valence electrons. The van der Waals surface area contributed by atoms with E-state index in [9.17, 15) is 4.79 Å². The van der Waals surface area contributed by atoms with E-state index in [-0.39, 0.29) is 5.63 Å². The summed E-state index contributed by atoms with van der Waals surface area (Å²) in [7, 11) is 0. The Labute approximate surface area is 138 Å². The third kappa shape index (κ3) is 4.41. The van der Waals surface area contributed by atoms with Crippen LogP contribution in [0.4, 0.5) is 0 Å². The standard InChI is InChI=1S/C19H14O3S/c20-19-11-8-15-14-17(9-10-18(15)22-19)23-13-5-4-12-21-16-6-2-1-3-7-16/h1-3,6-11,14H,12-13H2. The zero-order chi connectivity index (χ0) is 15.9. The Hall–Kier alpha value is -2.64. The molecule has 0 saturated carbocycles. The summed E-state index contributed by atoms with van der Waals surface area (Å²) in [5, 5.41) is 0.912.